The molecule has 1 N–H and O–H groups in total. The molecule has 92 valence electrons. The van der Waals surface area contributed by atoms with E-state index in [9.17, 15) is 18.9 Å². The summed E-state index contributed by atoms with van der Waals surface area (Å²) in [7, 11) is 0. The summed E-state index contributed by atoms with van der Waals surface area (Å²) in [5.74, 6) is -2.25. The van der Waals surface area contributed by atoms with E-state index in [2.05, 4.69) is 5.32 Å². The highest BCUT2D eigenvalue weighted by molar-refractivity contribution is 5.63. The molecule has 0 spiro atoms. The number of nitro groups is 1. The Bertz CT molecular complexity index is 445. The number of nitrogens with zero attached hydrogens (tertiary/aromatic N) is 1. The van der Waals surface area contributed by atoms with Gasteiger partial charge in [0.05, 0.1) is 4.92 Å². The second-order valence-electron chi connectivity index (χ2n) is 4.14. The van der Waals surface area contributed by atoms with Gasteiger partial charge in [0.1, 0.15) is 0 Å². The fourth-order valence-corrected chi connectivity index (χ4v) is 2.10. The number of halogens is 2. The van der Waals surface area contributed by atoms with Crippen LogP contribution in [-0.2, 0) is 0 Å². The standard InChI is InChI=1S/C11H12F2N2O2/c12-8-5-6-9(15(16)17)11(10(8)13)14-7-3-1-2-4-7/h5-7,14H,1-4H2. The van der Waals surface area contributed by atoms with E-state index in [0.29, 0.717) is 0 Å². The van der Waals surface area contributed by atoms with Gasteiger partial charge < -0.3 is 5.32 Å². The highest BCUT2D eigenvalue weighted by Gasteiger charge is 2.25. The first kappa shape index (κ1) is 11.8. The fourth-order valence-electron chi connectivity index (χ4n) is 2.10. The Morgan fingerprint density at radius 2 is 1.94 bits per heavy atom. The zero-order valence-electron chi connectivity index (χ0n) is 9.08. The van der Waals surface area contributed by atoms with Crippen molar-refractivity contribution >= 4 is 11.4 Å². The van der Waals surface area contributed by atoms with Gasteiger partial charge in [0.2, 0.25) is 0 Å². The molecule has 17 heavy (non-hydrogen) atoms. The van der Waals surface area contributed by atoms with Gasteiger partial charge in [-0.2, -0.15) is 0 Å². The summed E-state index contributed by atoms with van der Waals surface area (Å²) in [5.41, 5.74) is -0.752. The SMILES string of the molecule is O=[N+]([O-])c1ccc(F)c(F)c1NC1CCCC1. The van der Waals surface area contributed by atoms with Crippen LogP contribution >= 0.6 is 0 Å². The lowest BCUT2D eigenvalue weighted by molar-refractivity contribution is -0.384. The molecule has 1 aromatic carbocycles. The van der Waals surface area contributed by atoms with E-state index in [1.165, 1.54) is 0 Å². The van der Waals surface area contributed by atoms with Gasteiger partial charge in [-0.3, -0.25) is 10.1 Å². The zero-order valence-corrected chi connectivity index (χ0v) is 9.08. The molecule has 0 unspecified atom stereocenters. The molecule has 0 aromatic heterocycles. The molecule has 2 rings (SSSR count). The summed E-state index contributed by atoms with van der Waals surface area (Å²) in [6, 6.07) is 1.74. The van der Waals surface area contributed by atoms with E-state index >= 15 is 0 Å². The third kappa shape index (κ3) is 2.35. The molecule has 6 heteroatoms. The highest BCUT2D eigenvalue weighted by Crippen LogP contribution is 2.32. The normalized spacial score (nSPS) is 16.1. The quantitative estimate of drug-likeness (QED) is 0.654. The van der Waals surface area contributed by atoms with Gasteiger partial charge in [-0.15, -0.1) is 0 Å². The molecule has 0 saturated heterocycles. The van der Waals surface area contributed by atoms with Crippen LogP contribution in [0.4, 0.5) is 20.2 Å². The van der Waals surface area contributed by atoms with Crippen LogP contribution in [0.1, 0.15) is 25.7 Å². The maximum Gasteiger partial charge on any atom is 0.295 e. The summed E-state index contributed by atoms with van der Waals surface area (Å²) in [5, 5.41) is 13.5. The fraction of sp³-hybridized carbons (Fsp3) is 0.455. The lowest BCUT2D eigenvalue weighted by Crippen LogP contribution is -2.17. The van der Waals surface area contributed by atoms with Gasteiger partial charge in [-0.1, -0.05) is 12.8 Å². The van der Waals surface area contributed by atoms with Crippen molar-refractivity contribution < 1.29 is 13.7 Å². The second kappa shape index (κ2) is 4.65. The Kier molecular flexibility index (Phi) is 3.21. The summed E-state index contributed by atoms with van der Waals surface area (Å²) >= 11 is 0. The molecule has 0 bridgehead atoms. The Labute approximate surface area is 96.8 Å². The molecule has 1 aliphatic carbocycles. The number of hydrogen-bond acceptors (Lipinski definition) is 3. The first-order chi connectivity index (χ1) is 8.09. The van der Waals surface area contributed by atoms with Gasteiger partial charge in [-0.05, 0) is 18.9 Å². The Morgan fingerprint density at radius 1 is 1.29 bits per heavy atom. The Balaban J connectivity index is 2.34. The van der Waals surface area contributed by atoms with Crippen molar-refractivity contribution in [2.75, 3.05) is 5.32 Å². The van der Waals surface area contributed by atoms with Crippen LogP contribution in [0, 0.1) is 21.7 Å². The topological polar surface area (TPSA) is 55.2 Å². The molecule has 1 fully saturated rings. The molecule has 1 aliphatic rings. The summed E-state index contributed by atoms with van der Waals surface area (Å²) in [4.78, 5) is 10.0. The van der Waals surface area contributed by atoms with Crippen LogP contribution < -0.4 is 5.32 Å². The molecular formula is C11H12F2N2O2. The smallest absolute Gasteiger partial charge is 0.295 e. The number of nitrogens with one attached hydrogen (secondary N) is 1. The van der Waals surface area contributed by atoms with Crippen molar-refractivity contribution in [1.82, 2.24) is 0 Å². The van der Waals surface area contributed by atoms with E-state index in [0.717, 1.165) is 37.8 Å². The van der Waals surface area contributed by atoms with Crippen LogP contribution in [0.15, 0.2) is 12.1 Å². The Hall–Kier alpha value is -1.72. The van der Waals surface area contributed by atoms with E-state index in [1.807, 2.05) is 0 Å². The molecule has 0 heterocycles. The van der Waals surface area contributed by atoms with E-state index in [-0.39, 0.29) is 11.7 Å². The van der Waals surface area contributed by atoms with Crippen LogP contribution in [0.25, 0.3) is 0 Å². The van der Waals surface area contributed by atoms with Gasteiger partial charge in [-0.25, -0.2) is 8.78 Å². The number of hydrogen-bond donors (Lipinski definition) is 1. The lowest BCUT2D eigenvalue weighted by Gasteiger charge is -2.14. The number of nitro benzene ring substituents is 1. The molecule has 0 radical (unpaired) electrons. The number of anilines is 1. The van der Waals surface area contributed by atoms with Crippen molar-refractivity contribution in [1.29, 1.82) is 0 Å². The first-order valence-electron chi connectivity index (χ1n) is 5.48. The predicted octanol–water partition coefficient (Wildman–Crippen LogP) is 3.23. The molecular weight excluding hydrogens is 230 g/mol. The average Bonchev–Trinajstić information content (AvgIpc) is 2.77. The molecule has 0 aliphatic heterocycles. The minimum absolute atomic E-state index is 0.00926. The third-order valence-electron chi connectivity index (χ3n) is 2.97. The van der Waals surface area contributed by atoms with Crippen LogP contribution in [0.5, 0.6) is 0 Å². The van der Waals surface area contributed by atoms with Gasteiger partial charge >= 0.3 is 0 Å². The van der Waals surface area contributed by atoms with E-state index < -0.39 is 22.2 Å². The molecule has 0 amide bonds. The second-order valence-corrected chi connectivity index (χ2v) is 4.14. The maximum absolute atomic E-state index is 13.5. The average molecular weight is 242 g/mol. The summed E-state index contributed by atoms with van der Waals surface area (Å²) in [6.07, 6.45) is 3.66. The predicted molar refractivity (Wildman–Crippen MR) is 58.9 cm³/mol. The minimum Gasteiger partial charge on any atom is -0.374 e. The van der Waals surface area contributed by atoms with Crippen LogP contribution in [0.2, 0.25) is 0 Å². The number of benzene rings is 1. The zero-order chi connectivity index (χ0) is 12.4. The van der Waals surface area contributed by atoms with Crippen molar-refractivity contribution in [2.45, 2.75) is 31.7 Å². The monoisotopic (exact) mass is 242 g/mol. The van der Waals surface area contributed by atoms with Crippen LogP contribution in [0.3, 0.4) is 0 Å². The van der Waals surface area contributed by atoms with E-state index in [4.69, 9.17) is 0 Å². The first-order valence-corrected chi connectivity index (χ1v) is 5.48. The van der Waals surface area contributed by atoms with E-state index in [1.54, 1.807) is 0 Å². The van der Waals surface area contributed by atoms with Crippen LogP contribution in [-0.4, -0.2) is 11.0 Å². The van der Waals surface area contributed by atoms with Crippen molar-refractivity contribution in [3.8, 4) is 0 Å². The highest BCUT2D eigenvalue weighted by atomic mass is 19.2. The molecule has 0 atom stereocenters. The molecule has 1 saturated carbocycles. The third-order valence-corrected chi connectivity index (χ3v) is 2.97. The number of rotatable bonds is 3. The van der Waals surface area contributed by atoms with Crippen molar-refractivity contribution in [3.05, 3.63) is 33.9 Å². The summed E-state index contributed by atoms with van der Waals surface area (Å²) in [6.45, 7) is 0. The van der Waals surface area contributed by atoms with Crippen molar-refractivity contribution in [3.63, 3.8) is 0 Å². The minimum atomic E-state index is -1.17. The maximum atomic E-state index is 13.5. The Morgan fingerprint density at radius 3 is 2.53 bits per heavy atom. The van der Waals surface area contributed by atoms with Gasteiger partial charge in [0, 0.05) is 12.1 Å². The lowest BCUT2D eigenvalue weighted by atomic mass is 10.2. The molecule has 1 aromatic rings. The van der Waals surface area contributed by atoms with Gasteiger partial charge in [0.15, 0.2) is 17.3 Å². The van der Waals surface area contributed by atoms with Gasteiger partial charge in [0.25, 0.3) is 5.69 Å². The largest absolute Gasteiger partial charge is 0.374 e. The van der Waals surface area contributed by atoms with Crippen molar-refractivity contribution in [2.24, 2.45) is 0 Å². The summed E-state index contributed by atoms with van der Waals surface area (Å²) < 4.78 is 26.6. The molecule has 4 nitrogen and oxygen atoms in total.